The standard InChI is InChI=1S/C22H22N4O2/c1-14-6-7-17(13-24-14)22(28)26-10-8-15(9-11-26)20-18(21(23)27)12-16-4-2-3-5-19(16)25-20/h2-7,12-13,15H,8-11H2,1H3,(H2,23,27). The van der Waals surface area contributed by atoms with Crippen LogP contribution in [0.1, 0.15) is 50.9 Å². The molecular weight excluding hydrogens is 352 g/mol. The van der Waals surface area contributed by atoms with Crippen molar-refractivity contribution in [3.8, 4) is 0 Å². The number of piperidine rings is 1. The van der Waals surface area contributed by atoms with Gasteiger partial charge in [-0.25, -0.2) is 0 Å². The highest BCUT2D eigenvalue weighted by atomic mass is 16.2. The van der Waals surface area contributed by atoms with Gasteiger partial charge in [-0.1, -0.05) is 18.2 Å². The lowest BCUT2D eigenvalue weighted by Gasteiger charge is -2.32. The molecule has 1 aliphatic rings. The van der Waals surface area contributed by atoms with E-state index in [0.717, 1.165) is 35.1 Å². The number of fused-ring (bicyclic) bond motifs is 1. The fourth-order valence-corrected chi connectivity index (χ4v) is 3.77. The van der Waals surface area contributed by atoms with Gasteiger partial charge in [-0.2, -0.15) is 0 Å². The number of rotatable bonds is 3. The van der Waals surface area contributed by atoms with Gasteiger partial charge in [0.25, 0.3) is 11.8 Å². The van der Waals surface area contributed by atoms with Crippen LogP contribution >= 0.6 is 0 Å². The molecule has 2 N–H and O–H groups in total. The van der Waals surface area contributed by atoms with Crippen molar-refractivity contribution in [2.24, 2.45) is 5.73 Å². The molecule has 0 unspecified atom stereocenters. The molecule has 0 radical (unpaired) electrons. The van der Waals surface area contributed by atoms with Gasteiger partial charge < -0.3 is 10.6 Å². The van der Waals surface area contributed by atoms with Gasteiger partial charge in [0.15, 0.2) is 0 Å². The number of primary amides is 1. The highest BCUT2D eigenvalue weighted by Gasteiger charge is 2.28. The van der Waals surface area contributed by atoms with Crippen LogP contribution in [-0.4, -0.2) is 39.8 Å². The van der Waals surface area contributed by atoms with E-state index in [1.807, 2.05) is 54.3 Å². The van der Waals surface area contributed by atoms with Gasteiger partial charge in [0.2, 0.25) is 0 Å². The third kappa shape index (κ3) is 3.45. The molecule has 0 aliphatic carbocycles. The van der Waals surface area contributed by atoms with Crippen LogP contribution in [0.15, 0.2) is 48.7 Å². The molecule has 6 heteroatoms. The van der Waals surface area contributed by atoms with Crippen LogP contribution in [0, 0.1) is 6.92 Å². The van der Waals surface area contributed by atoms with E-state index in [1.54, 1.807) is 6.20 Å². The summed E-state index contributed by atoms with van der Waals surface area (Å²) in [5.74, 6) is -0.364. The maximum absolute atomic E-state index is 12.7. The van der Waals surface area contributed by atoms with Gasteiger partial charge in [0.05, 0.1) is 22.3 Å². The van der Waals surface area contributed by atoms with Gasteiger partial charge in [0.1, 0.15) is 0 Å². The Morgan fingerprint density at radius 1 is 1.11 bits per heavy atom. The summed E-state index contributed by atoms with van der Waals surface area (Å²) in [4.78, 5) is 35.5. The molecule has 2 amide bonds. The summed E-state index contributed by atoms with van der Waals surface area (Å²) in [6.07, 6.45) is 3.12. The third-order valence-corrected chi connectivity index (χ3v) is 5.35. The highest BCUT2D eigenvalue weighted by molar-refractivity contribution is 5.98. The fraction of sp³-hybridized carbons (Fsp3) is 0.273. The fourth-order valence-electron chi connectivity index (χ4n) is 3.77. The minimum Gasteiger partial charge on any atom is -0.366 e. The minimum atomic E-state index is -0.461. The molecule has 0 bridgehead atoms. The zero-order chi connectivity index (χ0) is 19.7. The van der Waals surface area contributed by atoms with Crippen molar-refractivity contribution in [1.29, 1.82) is 0 Å². The zero-order valence-corrected chi connectivity index (χ0v) is 15.8. The second kappa shape index (κ2) is 7.38. The molecule has 3 heterocycles. The van der Waals surface area contributed by atoms with Crippen LogP contribution in [0.25, 0.3) is 10.9 Å². The zero-order valence-electron chi connectivity index (χ0n) is 15.8. The molecule has 1 aliphatic heterocycles. The molecule has 1 fully saturated rings. The normalized spacial score (nSPS) is 15.0. The molecular formula is C22H22N4O2. The molecule has 0 atom stereocenters. The van der Waals surface area contributed by atoms with E-state index in [0.29, 0.717) is 24.2 Å². The average molecular weight is 374 g/mol. The highest BCUT2D eigenvalue weighted by Crippen LogP contribution is 2.31. The number of benzene rings is 1. The Hall–Kier alpha value is -3.28. The predicted molar refractivity (Wildman–Crippen MR) is 107 cm³/mol. The second-order valence-electron chi connectivity index (χ2n) is 7.23. The molecule has 4 rings (SSSR count). The topological polar surface area (TPSA) is 89.2 Å². The molecule has 0 spiro atoms. The summed E-state index contributed by atoms with van der Waals surface area (Å²) >= 11 is 0. The van der Waals surface area contributed by atoms with Crippen LogP contribution < -0.4 is 5.73 Å². The molecule has 142 valence electrons. The number of amides is 2. The van der Waals surface area contributed by atoms with Crippen LogP contribution in [0.3, 0.4) is 0 Å². The Labute approximate surface area is 163 Å². The summed E-state index contributed by atoms with van der Waals surface area (Å²) in [5, 5.41) is 0.902. The van der Waals surface area contributed by atoms with Crippen molar-refractivity contribution in [2.45, 2.75) is 25.7 Å². The van der Waals surface area contributed by atoms with Crippen molar-refractivity contribution in [1.82, 2.24) is 14.9 Å². The lowest BCUT2D eigenvalue weighted by molar-refractivity contribution is 0.0710. The van der Waals surface area contributed by atoms with Crippen LogP contribution in [-0.2, 0) is 0 Å². The molecule has 2 aromatic heterocycles. The Kier molecular flexibility index (Phi) is 4.77. The molecule has 1 aromatic carbocycles. The summed E-state index contributed by atoms with van der Waals surface area (Å²) in [6.45, 7) is 3.13. The van der Waals surface area contributed by atoms with E-state index in [-0.39, 0.29) is 11.8 Å². The number of hydrogen-bond donors (Lipinski definition) is 1. The quantitative estimate of drug-likeness (QED) is 0.763. The van der Waals surface area contributed by atoms with Crippen molar-refractivity contribution in [3.63, 3.8) is 0 Å². The Bertz CT molecular complexity index is 1040. The minimum absolute atomic E-state index is 0.00690. The van der Waals surface area contributed by atoms with E-state index in [1.165, 1.54) is 0 Å². The van der Waals surface area contributed by atoms with Gasteiger partial charge in [-0.15, -0.1) is 0 Å². The van der Waals surface area contributed by atoms with Crippen molar-refractivity contribution >= 4 is 22.7 Å². The monoisotopic (exact) mass is 374 g/mol. The number of aromatic nitrogens is 2. The van der Waals surface area contributed by atoms with E-state index in [2.05, 4.69) is 4.98 Å². The van der Waals surface area contributed by atoms with Crippen LogP contribution in [0.5, 0.6) is 0 Å². The van der Waals surface area contributed by atoms with Crippen molar-refractivity contribution < 1.29 is 9.59 Å². The average Bonchev–Trinajstić information content (AvgIpc) is 2.73. The number of hydrogen-bond acceptors (Lipinski definition) is 4. The van der Waals surface area contributed by atoms with Crippen molar-refractivity contribution in [3.05, 3.63) is 71.2 Å². The SMILES string of the molecule is Cc1ccc(C(=O)N2CCC(c3nc4ccccc4cc3C(N)=O)CC2)cn1. The first kappa shape index (κ1) is 18.1. The summed E-state index contributed by atoms with van der Waals surface area (Å²) in [5.41, 5.74) is 9.19. The van der Waals surface area contributed by atoms with E-state index < -0.39 is 5.91 Å². The van der Waals surface area contributed by atoms with E-state index in [9.17, 15) is 9.59 Å². The van der Waals surface area contributed by atoms with Crippen LogP contribution in [0.4, 0.5) is 0 Å². The number of nitrogens with zero attached hydrogens (tertiary/aromatic N) is 3. The number of likely N-dealkylation sites (tertiary alicyclic amines) is 1. The number of carbonyl (C=O) groups is 2. The number of carbonyl (C=O) groups excluding carboxylic acids is 2. The molecule has 28 heavy (non-hydrogen) atoms. The van der Waals surface area contributed by atoms with E-state index in [4.69, 9.17) is 10.7 Å². The number of pyridine rings is 2. The summed E-state index contributed by atoms with van der Waals surface area (Å²) in [7, 11) is 0. The first-order valence-electron chi connectivity index (χ1n) is 9.44. The van der Waals surface area contributed by atoms with Gasteiger partial charge in [-0.3, -0.25) is 19.6 Å². The first-order valence-corrected chi connectivity index (χ1v) is 9.44. The lowest BCUT2D eigenvalue weighted by Crippen LogP contribution is -2.38. The van der Waals surface area contributed by atoms with E-state index >= 15 is 0 Å². The Balaban J connectivity index is 1.55. The first-order chi connectivity index (χ1) is 13.5. The summed E-state index contributed by atoms with van der Waals surface area (Å²) < 4.78 is 0. The Morgan fingerprint density at radius 2 is 1.86 bits per heavy atom. The predicted octanol–water partition coefficient (Wildman–Crippen LogP) is 3.06. The van der Waals surface area contributed by atoms with Gasteiger partial charge in [0, 0.05) is 36.3 Å². The third-order valence-electron chi connectivity index (χ3n) is 5.35. The van der Waals surface area contributed by atoms with Gasteiger partial charge in [-0.05, 0) is 44.0 Å². The van der Waals surface area contributed by atoms with Crippen molar-refractivity contribution in [2.75, 3.05) is 13.1 Å². The molecule has 0 saturated carbocycles. The van der Waals surface area contributed by atoms with Crippen LogP contribution in [0.2, 0.25) is 0 Å². The molecule has 1 saturated heterocycles. The van der Waals surface area contributed by atoms with Gasteiger partial charge >= 0.3 is 0 Å². The smallest absolute Gasteiger partial charge is 0.255 e. The number of para-hydroxylation sites is 1. The Morgan fingerprint density at radius 3 is 2.54 bits per heavy atom. The lowest BCUT2D eigenvalue weighted by atomic mass is 9.89. The maximum atomic E-state index is 12.7. The maximum Gasteiger partial charge on any atom is 0.255 e. The summed E-state index contributed by atoms with van der Waals surface area (Å²) in [6, 6.07) is 13.2. The number of nitrogens with two attached hydrogens (primary N) is 1. The molecule has 6 nitrogen and oxygen atoms in total. The number of aryl methyl sites for hydroxylation is 1. The molecule has 3 aromatic rings. The largest absolute Gasteiger partial charge is 0.366 e. The second-order valence-corrected chi connectivity index (χ2v) is 7.23.